The van der Waals surface area contributed by atoms with Crippen LogP contribution in [0.3, 0.4) is 0 Å². The Morgan fingerprint density at radius 1 is 0.950 bits per heavy atom. The van der Waals surface area contributed by atoms with Crippen molar-refractivity contribution >= 4 is 18.3 Å². The zero-order valence-electron chi connectivity index (χ0n) is 12.4. The fourth-order valence-electron chi connectivity index (χ4n) is 3.05. The molecule has 1 amide bonds. The fraction of sp³-hybridized carbons (Fsp3) is 0.933. The molecule has 1 saturated heterocycles. The molecule has 2 N–H and O–H groups in total. The number of rotatable bonds is 5. The highest BCUT2D eigenvalue weighted by Crippen LogP contribution is 2.17. The van der Waals surface area contributed by atoms with Crippen molar-refractivity contribution in [3.8, 4) is 0 Å². The molecule has 1 saturated carbocycles. The Morgan fingerprint density at radius 3 is 2.25 bits per heavy atom. The van der Waals surface area contributed by atoms with Gasteiger partial charge in [0.15, 0.2) is 0 Å². The first-order valence-electron chi connectivity index (χ1n) is 7.95. The van der Waals surface area contributed by atoms with Crippen LogP contribution in [0.5, 0.6) is 0 Å². The molecule has 0 unspecified atom stereocenters. The van der Waals surface area contributed by atoms with Crippen LogP contribution in [-0.2, 0) is 9.53 Å². The van der Waals surface area contributed by atoms with Gasteiger partial charge in [-0.3, -0.25) is 4.79 Å². The Morgan fingerprint density at radius 2 is 1.60 bits per heavy atom. The molecule has 1 heterocycles. The minimum atomic E-state index is 0. The number of hydrogen-bond donors (Lipinski definition) is 2. The van der Waals surface area contributed by atoms with Crippen LogP contribution in [-0.4, -0.2) is 38.3 Å². The van der Waals surface area contributed by atoms with Gasteiger partial charge in [0, 0.05) is 38.3 Å². The van der Waals surface area contributed by atoms with E-state index in [9.17, 15) is 4.79 Å². The summed E-state index contributed by atoms with van der Waals surface area (Å²) in [6.45, 7) is 3.13. The largest absolute Gasteiger partial charge is 0.381 e. The molecule has 20 heavy (non-hydrogen) atoms. The Hall–Kier alpha value is -0.320. The molecule has 0 aromatic carbocycles. The average molecular weight is 305 g/mol. The molecule has 5 heteroatoms. The Balaban J connectivity index is 0.00000200. The molecule has 2 aliphatic rings. The second kappa shape index (κ2) is 10.4. The van der Waals surface area contributed by atoms with E-state index >= 15 is 0 Å². The second-order valence-corrected chi connectivity index (χ2v) is 5.82. The van der Waals surface area contributed by atoms with Crippen molar-refractivity contribution in [3.63, 3.8) is 0 Å². The highest BCUT2D eigenvalue weighted by molar-refractivity contribution is 5.85. The Bertz CT molecular complexity index is 263. The summed E-state index contributed by atoms with van der Waals surface area (Å²) < 4.78 is 5.27. The standard InChI is InChI=1S/C15H28N2O2.ClH/c18-15(13-7-11-19-12-8-13)17-10-9-16-14-5-3-1-2-4-6-14;/h13-14,16H,1-12H2,(H,17,18);1H. The highest BCUT2D eigenvalue weighted by atomic mass is 35.5. The molecular formula is C15H29ClN2O2. The van der Waals surface area contributed by atoms with E-state index in [-0.39, 0.29) is 24.2 Å². The highest BCUT2D eigenvalue weighted by Gasteiger charge is 2.20. The van der Waals surface area contributed by atoms with Crippen LogP contribution >= 0.6 is 12.4 Å². The van der Waals surface area contributed by atoms with E-state index in [4.69, 9.17) is 4.74 Å². The summed E-state index contributed by atoms with van der Waals surface area (Å²) in [6.07, 6.45) is 9.83. The zero-order chi connectivity index (χ0) is 13.3. The van der Waals surface area contributed by atoms with Gasteiger partial charge in [-0.2, -0.15) is 0 Å². The molecule has 0 aromatic rings. The first-order valence-corrected chi connectivity index (χ1v) is 7.95. The van der Waals surface area contributed by atoms with Crippen molar-refractivity contribution in [2.45, 2.75) is 57.4 Å². The SMILES string of the molecule is Cl.O=C(NCCNC1CCCCCC1)C1CCOCC1. The van der Waals surface area contributed by atoms with Gasteiger partial charge >= 0.3 is 0 Å². The molecule has 0 aromatic heterocycles. The second-order valence-electron chi connectivity index (χ2n) is 5.82. The third-order valence-electron chi connectivity index (χ3n) is 4.30. The van der Waals surface area contributed by atoms with Crippen LogP contribution in [0.15, 0.2) is 0 Å². The quantitative estimate of drug-likeness (QED) is 0.605. The van der Waals surface area contributed by atoms with Crippen LogP contribution < -0.4 is 10.6 Å². The van der Waals surface area contributed by atoms with E-state index in [0.29, 0.717) is 6.04 Å². The number of amides is 1. The van der Waals surface area contributed by atoms with Gasteiger partial charge in [-0.25, -0.2) is 0 Å². The van der Waals surface area contributed by atoms with Gasteiger partial charge in [0.1, 0.15) is 0 Å². The van der Waals surface area contributed by atoms with E-state index in [0.717, 1.165) is 39.1 Å². The predicted octanol–water partition coefficient (Wildman–Crippen LogP) is 2.26. The maximum atomic E-state index is 11.9. The molecule has 2 rings (SSSR count). The van der Waals surface area contributed by atoms with Crippen LogP contribution in [0.1, 0.15) is 51.4 Å². The fourth-order valence-corrected chi connectivity index (χ4v) is 3.05. The number of halogens is 1. The molecule has 1 aliphatic heterocycles. The monoisotopic (exact) mass is 304 g/mol. The average Bonchev–Trinajstić information content (AvgIpc) is 2.73. The summed E-state index contributed by atoms with van der Waals surface area (Å²) in [5.74, 6) is 0.387. The molecule has 0 atom stereocenters. The smallest absolute Gasteiger partial charge is 0.223 e. The van der Waals surface area contributed by atoms with E-state index in [1.165, 1.54) is 38.5 Å². The van der Waals surface area contributed by atoms with Crippen LogP contribution in [0.2, 0.25) is 0 Å². The Kier molecular flexibility index (Phi) is 9.23. The maximum Gasteiger partial charge on any atom is 0.223 e. The lowest BCUT2D eigenvalue weighted by molar-refractivity contribution is -0.127. The lowest BCUT2D eigenvalue weighted by atomic mass is 9.99. The van der Waals surface area contributed by atoms with Crippen molar-refractivity contribution in [2.75, 3.05) is 26.3 Å². The Labute approximate surface area is 128 Å². The zero-order valence-corrected chi connectivity index (χ0v) is 13.2. The van der Waals surface area contributed by atoms with Crippen LogP contribution in [0.25, 0.3) is 0 Å². The molecule has 4 nitrogen and oxygen atoms in total. The summed E-state index contributed by atoms with van der Waals surface area (Å²) >= 11 is 0. The summed E-state index contributed by atoms with van der Waals surface area (Å²) in [5, 5.41) is 6.63. The number of carbonyl (C=O) groups excluding carboxylic acids is 1. The van der Waals surface area contributed by atoms with E-state index in [1.807, 2.05) is 0 Å². The third-order valence-corrected chi connectivity index (χ3v) is 4.30. The van der Waals surface area contributed by atoms with Crippen molar-refractivity contribution in [1.29, 1.82) is 0 Å². The van der Waals surface area contributed by atoms with Crippen molar-refractivity contribution in [3.05, 3.63) is 0 Å². The van der Waals surface area contributed by atoms with Gasteiger partial charge in [0.2, 0.25) is 5.91 Å². The van der Waals surface area contributed by atoms with Gasteiger partial charge in [-0.15, -0.1) is 12.4 Å². The first kappa shape index (κ1) is 17.7. The molecule has 2 fully saturated rings. The molecule has 1 aliphatic carbocycles. The van der Waals surface area contributed by atoms with E-state index in [1.54, 1.807) is 0 Å². The lowest BCUT2D eigenvalue weighted by Crippen LogP contribution is -2.40. The predicted molar refractivity (Wildman–Crippen MR) is 83.3 cm³/mol. The van der Waals surface area contributed by atoms with Crippen LogP contribution in [0, 0.1) is 5.92 Å². The van der Waals surface area contributed by atoms with Gasteiger partial charge in [-0.1, -0.05) is 25.7 Å². The number of carbonyl (C=O) groups is 1. The van der Waals surface area contributed by atoms with Gasteiger partial charge in [-0.05, 0) is 25.7 Å². The molecule has 0 bridgehead atoms. The summed E-state index contributed by atoms with van der Waals surface area (Å²) in [7, 11) is 0. The first-order chi connectivity index (χ1) is 9.36. The third kappa shape index (κ3) is 6.42. The van der Waals surface area contributed by atoms with Crippen LogP contribution in [0.4, 0.5) is 0 Å². The van der Waals surface area contributed by atoms with Crippen molar-refractivity contribution < 1.29 is 9.53 Å². The maximum absolute atomic E-state index is 11.9. The van der Waals surface area contributed by atoms with E-state index < -0.39 is 0 Å². The summed E-state index contributed by atoms with van der Waals surface area (Å²) in [6, 6.07) is 0.669. The van der Waals surface area contributed by atoms with E-state index in [2.05, 4.69) is 10.6 Å². The lowest BCUT2D eigenvalue weighted by Gasteiger charge is -2.22. The normalized spacial score (nSPS) is 21.8. The molecule has 118 valence electrons. The summed E-state index contributed by atoms with van der Waals surface area (Å²) in [4.78, 5) is 11.9. The topological polar surface area (TPSA) is 50.4 Å². The molecule has 0 spiro atoms. The van der Waals surface area contributed by atoms with Gasteiger partial charge in [0.25, 0.3) is 0 Å². The van der Waals surface area contributed by atoms with Crippen molar-refractivity contribution in [2.24, 2.45) is 5.92 Å². The molecule has 0 radical (unpaired) electrons. The number of hydrogen-bond acceptors (Lipinski definition) is 3. The number of nitrogens with one attached hydrogen (secondary N) is 2. The number of ether oxygens (including phenoxy) is 1. The minimum Gasteiger partial charge on any atom is -0.381 e. The van der Waals surface area contributed by atoms with Gasteiger partial charge in [0.05, 0.1) is 0 Å². The summed E-state index contributed by atoms with van der Waals surface area (Å²) in [5.41, 5.74) is 0. The molecular weight excluding hydrogens is 276 g/mol. The van der Waals surface area contributed by atoms with Crippen molar-refractivity contribution in [1.82, 2.24) is 10.6 Å². The minimum absolute atomic E-state index is 0. The van der Waals surface area contributed by atoms with Gasteiger partial charge < -0.3 is 15.4 Å².